The maximum Gasteiger partial charge on any atom is 0.271 e. The van der Waals surface area contributed by atoms with Crippen LogP contribution in [0, 0.1) is 10.1 Å². The van der Waals surface area contributed by atoms with Gasteiger partial charge in [0.2, 0.25) is 0 Å². The van der Waals surface area contributed by atoms with Crippen LogP contribution in [0.1, 0.15) is 32.3 Å². The van der Waals surface area contributed by atoms with Crippen molar-refractivity contribution in [3.63, 3.8) is 0 Å². The van der Waals surface area contributed by atoms with Gasteiger partial charge in [0.25, 0.3) is 5.69 Å². The average Bonchev–Trinajstić information content (AvgIpc) is 2.56. The first-order valence-corrected chi connectivity index (χ1v) is 7.45. The number of aldehydes is 1. The molecule has 2 rings (SSSR count). The van der Waals surface area contributed by atoms with Gasteiger partial charge >= 0.3 is 0 Å². The number of carbonyl (C=O) groups is 1. The molecule has 0 spiro atoms. The molecule has 6 nitrogen and oxygen atoms in total. The molecule has 0 radical (unpaired) electrons. The fourth-order valence-electron chi connectivity index (χ4n) is 3.14. The molecule has 6 heteroatoms. The molecule has 1 atom stereocenters. The zero-order valence-corrected chi connectivity index (χ0v) is 13.6. The van der Waals surface area contributed by atoms with E-state index in [0.29, 0.717) is 6.54 Å². The van der Waals surface area contributed by atoms with E-state index in [4.69, 9.17) is 0 Å². The van der Waals surface area contributed by atoms with Gasteiger partial charge in [0, 0.05) is 24.4 Å². The summed E-state index contributed by atoms with van der Waals surface area (Å²) in [6, 6.07) is 4.99. The SMILES string of the molecule is CN(C)C(C=O)N1CCCC(C)(C)c2ccc([N+](=O)[O-])cc21. The number of fused-ring (bicyclic) bond motifs is 1. The van der Waals surface area contributed by atoms with Gasteiger partial charge in [0.05, 0.1) is 4.92 Å². The minimum Gasteiger partial charge on any atom is -0.349 e. The van der Waals surface area contributed by atoms with E-state index < -0.39 is 6.17 Å². The van der Waals surface area contributed by atoms with Crippen LogP contribution in [0.4, 0.5) is 11.4 Å². The fraction of sp³-hybridized carbons (Fsp3) is 0.562. The third-order valence-electron chi connectivity index (χ3n) is 4.40. The first-order chi connectivity index (χ1) is 10.3. The Labute approximate surface area is 130 Å². The van der Waals surface area contributed by atoms with Crippen molar-refractivity contribution in [2.75, 3.05) is 25.5 Å². The van der Waals surface area contributed by atoms with Crippen molar-refractivity contribution < 1.29 is 9.72 Å². The summed E-state index contributed by atoms with van der Waals surface area (Å²) in [5.41, 5.74) is 1.84. The van der Waals surface area contributed by atoms with Crippen LogP contribution in [0.2, 0.25) is 0 Å². The highest BCUT2D eigenvalue weighted by molar-refractivity contribution is 5.70. The monoisotopic (exact) mass is 305 g/mol. The van der Waals surface area contributed by atoms with Crippen LogP contribution >= 0.6 is 0 Å². The van der Waals surface area contributed by atoms with Crippen LogP contribution in [0.15, 0.2) is 18.2 Å². The number of non-ortho nitro benzene ring substituents is 1. The van der Waals surface area contributed by atoms with Gasteiger partial charge in [-0.1, -0.05) is 13.8 Å². The number of anilines is 1. The Morgan fingerprint density at radius 1 is 1.41 bits per heavy atom. The molecular weight excluding hydrogens is 282 g/mol. The van der Waals surface area contributed by atoms with Crippen LogP contribution in [0.25, 0.3) is 0 Å². The molecular formula is C16H23N3O3. The van der Waals surface area contributed by atoms with E-state index in [1.807, 2.05) is 30.0 Å². The van der Waals surface area contributed by atoms with Gasteiger partial charge in [-0.15, -0.1) is 0 Å². The van der Waals surface area contributed by atoms with Crippen molar-refractivity contribution >= 4 is 17.7 Å². The van der Waals surface area contributed by atoms with Gasteiger partial charge < -0.3 is 4.90 Å². The Bertz CT molecular complexity index is 584. The number of nitro benzene ring substituents is 1. The van der Waals surface area contributed by atoms with Crippen molar-refractivity contribution in [3.8, 4) is 0 Å². The summed E-state index contributed by atoms with van der Waals surface area (Å²) in [4.78, 5) is 26.1. The van der Waals surface area contributed by atoms with Gasteiger partial charge in [0.1, 0.15) is 6.17 Å². The van der Waals surface area contributed by atoms with Gasteiger partial charge in [-0.05, 0) is 44.0 Å². The summed E-state index contributed by atoms with van der Waals surface area (Å²) in [7, 11) is 3.68. The van der Waals surface area contributed by atoms with Crippen molar-refractivity contribution in [2.45, 2.75) is 38.3 Å². The summed E-state index contributed by atoms with van der Waals surface area (Å²) < 4.78 is 0. The Hall–Kier alpha value is -1.95. The molecule has 0 bridgehead atoms. The maximum absolute atomic E-state index is 11.5. The fourth-order valence-corrected chi connectivity index (χ4v) is 3.14. The first-order valence-electron chi connectivity index (χ1n) is 7.45. The largest absolute Gasteiger partial charge is 0.349 e. The minimum absolute atomic E-state index is 0.0601. The lowest BCUT2D eigenvalue weighted by Crippen LogP contribution is -2.47. The molecule has 0 saturated carbocycles. The quantitative estimate of drug-likeness (QED) is 0.486. The van der Waals surface area contributed by atoms with Crippen LogP contribution in [0.3, 0.4) is 0 Å². The van der Waals surface area contributed by atoms with Crippen LogP contribution in [-0.4, -0.2) is 42.9 Å². The van der Waals surface area contributed by atoms with Gasteiger partial charge in [-0.25, -0.2) is 0 Å². The number of hydrogen-bond donors (Lipinski definition) is 0. The topological polar surface area (TPSA) is 66.7 Å². The van der Waals surface area contributed by atoms with E-state index in [2.05, 4.69) is 13.8 Å². The molecule has 1 aromatic carbocycles. The maximum atomic E-state index is 11.5. The molecule has 0 aliphatic carbocycles. The second-order valence-electron chi connectivity index (χ2n) is 6.65. The molecule has 1 unspecified atom stereocenters. The summed E-state index contributed by atoms with van der Waals surface area (Å²) in [5.74, 6) is 0. The highest BCUT2D eigenvalue weighted by Crippen LogP contribution is 2.41. The molecule has 0 amide bonds. The number of rotatable bonds is 4. The summed E-state index contributed by atoms with van der Waals surface area (Å²) in [6.45, 7) is 5.00. The molecule has 1 aliphatic rings. The lowest BCUT2D eigenvalue weighted by atomic mass is 9.80. The molecule has 22 heavy (non-hydrogen) atoms. The predicted molar refractivity (Wildman–Crippen MR) is 86.2 cm³/mol. The third kappa shape index (κ3) is 2.97. The van der Waals surface area contributed by atoms with Crippen LogP contribution in [-0.2, 0) is 10.2 Å². The van der Waals surface area contributed by atoms with E-state index in [1.165, 1.54) is 0 Å². The summed E-state index contributed by atoms with van der Waals surface area (Å²) >= 11 is 0. The number of carbonyl (C=O) groups excluding carboxylic acids is 1. The van der Waals surface area contributed by atoms with E-state index in [1.54, 1.807) is 12.1 Å². The lowest BCUT2D eigenvalue weighted by molar-refractivity contribution is -0.384. The molecule has 1 heterocycles. The molecule has 1 aliphatic heterocycles. The van der Waals surface area contributed by atoms with Gasteiger partial charge in [-0.2, -0.15) is 0 Å². The van der Waals surface area contributed by atoms with E-state index >= 15 is 0 Å². The standard InChI is InChI=1S/C16H23N3O3/c1-16(2)8-5-9-18(15(11-20)17(3)4)14-10-12(19(21)22)6-7-13(14)16/h6-7,10-11,15H,5,8-9H2,1-4H3. The van der Waals surface area contributed by atoms with Crippen LogP contribution in [0.5, 0.6) is 0 Å². The molecule has 0 saturated heterocycles. The highest BCUT2D eigenvalue weighted by Gasteiger charge is 2.33. The Balaban J connectivity index is 2.61. The predicted octanol–water partition coefficient (Wildman–Crippen LogP) is 2.56. The van der Waals surface area contributed by atoms with Crippen molar-refractivity contribution in [3.05, 3.63) is 33.9 Å². The van der Waals surface area contributed by atoms with Crippen molar-refractivity contribution in [1.29, 1.82) is 0 Å². The van der Waals surface area contributed by atoms with E-state index in [-0.39, 0.29) is 16.0 Å². The van der Waals surface area contributed by atoms with Gasteiger partial charge in [-0.3, -0.25) is 19.8 Å². The number of nitrogens with zero attached hydrogens (tertiary/aromatic N) is 3. The lowest BCUT2D eigenvalue weighted by Gasteiger charge is -2.35. The molecule has 0 N–H and O–H groups in total. The second-order valence-corrected chi connectivity index (χ2v) is 6.65. The smallest absolute Gasteiger partial charge is 0.271 e. The number of nitro groups is 1. The highest BCUT2D eigenvalue weighted by atomic mass is 16.6. The summed E-state index contributed by atoms with van der Waals surface area (Å²) in [6.07, 6.45) is 2.39. The Kier molecular flexibility index (Phi) is 4.51. The first kappa shape index (κ1) is 16.4. The van der Waals surface area contributed by atoms with E-state index in [0.717, 1.165) is 30.4 Å². The third-order valence-corrected chi connectivity index (χ3v) is 4.40. The number of benzene rings is 1. The van der Waals surface area contributed by atoms with Crippen LogP contribution < -0.4 is 4.90 Å². The molecule has 1 aromatic rings. The van der Waals surface area contributed by atoms with Crippen molar-refractivity contribution in [1.82, 2.24) is 4.90 Å². The molecule has 0 fully saturated rings. The minimum atomic E-state index is -0.422. The number of likely N-dealkylation sites (N-methyl/N-ethyl adjacent to an activating group) is 1. The van der Waals surface area contributed by atoms with E-state index in [9.17, 15) is 14.9 Å². The molecule has 120 valence electrons. The Morgan fingerprint density at radius 3 is 2.64 bits per heavy atom. The molecule has 0 aromatic heterocycles. The average molecular weight is 305 g/mol. The normalized spacial score (nSPS) is 18.5. The second kappa shape index (κ2) is 6.04. The zero-order valence-electron chi connectivity index (χ0n) is 13.6. The zero-order chi connectivity index (χ0) is 16.5. The Morgan fingerprint density at radius 2 is 2.09 bits per heavy atom. The summed E-state index contributed by atoms with van der Waals surface area (Å²) in [5, 5.41) is 11.1. The van der Waals surface area contributed by atoms with Gasteiger partial charge in [0.15, 0.2) is 6.29 Å². The number of hydrogen-bond acceptors (Lipinski definition) is 5. The van der Waals surface area contributed by atoms with Crippen molar-refractivity contribution in [2.24, 2.45) is 0 Å².